The molecule has 0 spiro atoms. The van der Waals surface area contributed by atoms with Gasteiger partial charge in [0.05, 0.1) is 30.2 Å². The minimum atomic E-state index is -4.66. The van der Waals surface area contributed by atoms with Crippen molar-refractivity contribution in [1.82, 2.24) is 9.78 Å². The Hall–Kier alpha value is -1.92. The van der Waals surface area contributed by atoms with E-state index < -0.39 is 42.0 Å². The minimum Gasteiger partial charge on any atom is -0.358 e. The lowest BCUT2D eigenvalue weighted by molar-refractivity contribution is -0.166. The van der Waals surface area contributed by atoms with E-state index in [4.69, 9.17) is 10.5 Å². The molecule has 3 rings (SSSR count). The van der Waals surface area contributed by atoms with Gasteiger partial charge in [0.1, 0.15) is 17.7 Å². The van der Waals surface area contributed by atoms with E-state index in [-0.39, 0.29) is 29.7 Å². The van der Waals surface area contributed by atoms with Crippen molar-refractivity contribution in [3.8, 4) is 6.07 Å². The predicted octanol–water partition coefficient (Wildman–Crippen LogP) is 2.83. The first-order valence-electron chi connectivity index (χ1n) is 8.96. The maximum Gasteiger partial charge on any atom is 0.433 e. The molecule has 2 aliphatic rings. The number of nitrogens with two attached hydrogens (primary N) is 1. The van der Waals surface area contributed by atoms with E-state index >= 15 is 0 Å². The van der Waals surface area contributed by atoms with Crippen molar-refractivity contribution in [1.29, 1.82) is 5.26 Å². The van der Waals surface area contributed by atoms with Crippen molar-refractivity contribution in [2.24, 2.45) is 23.0 Å². The average Bonchev–Trinajstić information content (AvgIpc) is 2.96. The number of alkyl halides is 3. The Bertz CT molecular complexity index is 781. The molecule has 1 saturated carbocycles. The van der Waals surface area contributed by atoms with Crippen LogP contribution in [-0.4, -0.2) is 27.9 Å². The van der Waals surface area contributed by atoms with E-state index in [0.29, 0.717) is 6.42 Å². The topological polar surface area (TPSA) is 93.9 Å². The van der Waals surface area contributed by atoms with Crippen LogP contribution in [0.5, 0.6) is 0 Å². The van der Waals surface area contributed by atoms with Gasteiger partial charge in [-0.15, -0.1) is 0 Å². The van der Waals surface area contributed by atoms with Crippen LogP contribution in [-0.2, 0) is 22.3 Å². The summed E-state index contributed by atoms with van der Waals surface area (Å²) < 4.78 is 47.9. The summed E-state index contributed by atoms with van der Waals surface area (Å²) in [5.74, 6) is -3.08. The van der Waals surface area contributed by atoms with Gasteiger partial charge in [-0.05, 0) is 18.8 Å². The van der Waals surface area contributed by atoms with Crippen LogP contribution >= 0.6 is 0 Å². The molecule has 1 saturated heterocycles. The molecule has 2 fully saturated rings. The molecule has 5 atom stereocenters. The normalized spacial score (nSPS) is 33.4. The minimum absolute atomic E-state index is 0.0242. The summed E-state index contributed by atoms with van der Waals surface area (Å²) >= 11 is 0. The van der Waals surface area contributed by atoms with E-state index in [1.165, 1.54) is 0 Å². The SMILES string of the molecule is CCn1ncc([C@@H]2[C@H](C#N)[C@H](N)O[C@H]3CC(C)(C)CC(=O)[C@@H]23)c1C(F)(F)F. The van der Waals surface area contributed by atoms with Crippen LogP contribution in [0, 0.1) is 28.6 Å². The second kappa shape index (κ2) is 6.60. The highest BCUT2D eigenvalue weighted by Gasteiger charge is 2.55. The van der Waals surface area contributed by atoms with Crippen molar-refractivity contribution >= 4 is 5.78 Å². The summed E-state index contributed by atoms with van der Waals surface area (Å²) in [6, 6.07) is 1.98. The number of aryl methyl sites for hydroxylation is 1. The summed E-state index contributed by atoms with van der Waals surface area (Å²) in [5, 5.41) is 13.5. The van der Waals surface area contributed by atoms with Crippen molar-refractivity contribution in [2.45, 2.75) is 64.6 Å². The third kappa shape index (κ3) is 3.36. The molecule has 0 unspecified atom stereocenters. The second-order valence-electron chi connectivity index (χ2n) is 8.12. The molecular weight excluding hydrogens is 361 g/mol. The number of aromatic nitrogens is 2. The van der Waals surface area contributed by atoms with Gasteiger partial charge in [-0.25, -0.2) is 0 Å². The molecule has 9 heteroatoms. The van der Waals surface area contributed by atoms with E-state index in [1.807, 2.05) is 19.9 Å². The Morgan fingerprint density at radius 3 is 2.67 bits per heavy atom. The van der Waals surface area contributed by atoms with Gasteiger partial charge < -0.3 is 10.5 Å². The largest absolute Gasteiger partial charge is 0.433 e. The first-order chi connectivity index (χ1) is 12.5. The van der Waals surface area contributed by atoms with Crippen molar-refractivity contribution in [3.05, 3.63) is 17.5 Å². The van der Waals surface area contributed by atoms with E-state index in [2.05, 4.69) is 5.10 Å². The van der Waals surface area contributed by atoms with Crippen molar-refractivity contribution in [3.63, 3.8) is 0 Å². The summed E-state index contributed by atoms with van der Waals surface area (Å²) in [6.45, 7) is 5.41. The van der Waals surface area contributed by atoms with Crippen molar-refractivity contribution in [2.75, 3.05) is 0 Å². The van der Waals surface area contributed by atoms with Crippen LogP contribution in [0.2, 0.25) is 0 Å². The number of hydrogen-bond acceptors (Lipinski definition) is 5. The van der Waals surface area contributed by atoms with Gasteiger partial charge in [0.15, 0.2) is 0 Å². The molecule has 2 N–H and O–H groups in total. The molecule has 0 bridgehead atoms. The highest BCUT2D eigenvalue weighted by Crippen LogP contribution is 2.51. The summed E-state index contributed by atoms with van der Waals surface area (Å²) in [6.07, 6.45) is -4.48. The zero-order valence-electron chi connectivity index (χ0n) is 15.5. The lowest BCUT2D eigenvalue weighted by atomic mass is 9.61. The Morgan fingerprint density at radius 1 is 1.44 bits per heavy atom. The van der Waals surface area contributed by atoms with Gasteiger partial charge in [0, 0.05) is 24.4 Å². The monoisotopic (exact) mass is 384 g/mol. The smallest absolute Gasteiger partial charge is 0.358 e. The number of carbonyl (C=O) groups excluding carboxylic acids is 1. The third-order valence-electron chi connectivity index (χ3n) is 5.58. The number of fused-ring (bicyclic) bond motifs is 1. The van der Waals surface area contributed by atoms with Crippen LogP contribution < -0.4 is 5.73 Å². The molecule has 148 valence electrons. The van der Waals surface area contributed by atoms with Crippen LogP contribution in [0.4, 0.5) is 13.2 Å². The van der Waals surface area contributed by atoms with E-state index in [1.54, 1.807) is 6.92 Å². The van der Waals surface area contributed by atoms with Gasteiger partial charge in [0.25, 0.3) is 0 Å². The number of hydrogen-bond donors (Lipinski definition) is 1. The average molecular weight is 384 g/mol. The predicted molar refractivity (Wildman–Crippen MR) is 89.1 cm³/mol. The van der Waals surface area contributed by atoms with E-state index in [9.17, 15) is 23.2 Å². The molecule has 0 amide bonds. The Balaban J connectivity index is 2.15. The molecule has 6 nitrogen and oxygen atoms in total. The molecular formula is C18H23F3N4O2. The highest BCUT2D eigenvalue weighted by atomic mass is 19.4. The number of Topliss-reactive ketones (excluding diaryl/α,β-unsaturated/α-hetero) is 1. The summed E-state index contributed by atoms with van der Waals surface area (Å²) in [4.78, 5) is 12.9. The molecule has 27 heavy (non-hydrogen) atoms. The Labute approximate surface area is 155 Å². The van der Waals surface area contributed by atoms with Crippen LogP contribution in [0.1, 0.15) is 50.8 Å². The maximum atomic E-state index is 13.8. The fourth-order valence-electron chi connectivity index (χ4n) is 4.55. The number of carbonyl (C=O) groups is 1. The van der Waals surface area contributed by atoms with Gasteiger partial charge in [-0.2, -0.15) is 23.5 Å². The number of ether oxygens (including phenoxy) is 1. The van der Waals surface area contributed by atoms with Crippen molar-refractivity contribution < 1.29 is 22.7 Å². The maximum absolute atomic E-state index is 13.8. The zero-order chi connectivity index (χ0) is 20.1. The highest BCUT2D eigenvalue weighted by molar-refractivity contribution is 5.84. The van der Waals surface area contributed by atoms with Gasteiger partial charge in [0.2, 0.25) is 0 Å². The number of nitrogens with zero attached hydrogens (tertiary/aromatic N) is 3. The Morgan fingerprint density at radius 2 is 2.11 bits per heavy atom. The van der Waals surface area contributed by atoms with Gasteiger partial charge >= 0.3 is 6.18 Å². The first-order valence-corrected chi connectivity index (χ1v) is 8.96. The number of ketones is 1. The van der Waals surface area contributed by atoms with Gasteiger partial charge in [-0.1, -0.05) is 13.8 Å². The second-order valence-corrected chi connectivity index (χ2v) is 8.12. The molecule has 0 aromatic carbocycles. The number of halogens is 3. The van der Waals surface area contributed by atoms with E-state index in [0.717, 1.165) is 10.9 Å². The summed E-state index contributed by atoms with van der Waals surface area (Å²) in [5.41, 5.74) is 4.60. The lowest BCUT2D eigenvalue weighted by Gasteiger charge is -2.49. The first kappa shape index (κ1) is 19.8. The molecule has 0 radical (unpaired) electrons. The third-order valence-corrected chi connectivity index (χ3v) is 5.58. The quantitative estimate of drug-likeness (QED) is 0.846. The fourth-order valence-corrected chi connectivity index (χ4v) is 4.55. The standard InChI is InChI=1S/C18H23F3N4O2/c1-4-25-15(18(19,20)21)10(8-24-25)13-9(7-22)16(23)27-12-6-17(2,3)5-11(26)14(12)13/h8-9,12-14,16H,4-6,23H2,1-3H3/t9-,12-,13-,14+,16+/m0/s1. The van der Waals surface area contributed by atoms with Crippen LogP contribution in [0.15, 0.2) is 6.20 Å². The Kier molecular flexibility index (Phi) is 4.85. The zero-order valence-corrected chi connectivity index (χ0v) is 15.5. The van der Waals surface area contributed by atoms with Gasteiger partial charge in [-0.3, -0.25) is 9.48 Å². The van der Waals surface area contributed by atoms with Crippen LogP contribution in [0.3, 0.4) is 0 Å². The molecule has 1 aromatic heterocycles. The molecule has 1 aliphatic heterocycles. The fraction of sp³-hybridized carbons (Fsp3) is 0.722. The lowest BCUT2D eigenvalue weighted by Crippen LogP contribution is -2.56. The molecule has 1 aliphatic carbocycles. The number of rotatable bonds is 2. The molecule has 1 aromatic rings. The van der Waals surface area contributed by atoms with Crippen LogP contribution in [0.25, 0.3) is 0 Å². The number of nitriles is 1. The summed E-state index contributed by atoms with van der Waals surface area (Å²) in [7, 11) is 0. The molecule has 2 heterocycles.